The minimum atomic E-state index is 0.424. The van der Waals surface area contributed by atoms with Crippen LogP contribution in [0, 0.1) is 12.1 Å². The molecule has 1 aromatic carbocycles. The molecule has 4 nitrogen and oxygen atoms in total. The lowest BCUT2D eigenvalue weighted by atomic mass is 10.2. The Morgan fingerprint density at radius 3 is 2.73 bits per heavy atom. The number of hydrogen-bond donors (Lipinski definition) is 0. The van der Waals surface area contributed by atoms with Gasteiger partial charge in [0.1, 0.15) is 0 Å². The third-order valence-corrected chi connectivity index (χ3v) is 3.12. The van der Waals surface area contributed by atoms with Crippen LogP contribution in [0.2, 0.25) is 0 Å². The standard InChI is InChI=1S/C10H10N2O2S/c1-8-10(11-14-12(8)13)15-7-9-5-3-2-4-6-9/h2-6H,7H2,1H3. The van der Waals surface area contributed by atoms with Crippen molar-refractivity contribution in [2.24, 2.45) is 0 Å². The molecule has 0 N–H and O–H groups in total. The van der Waals surface area contributed by atoms with Gasteiger partial charge in [-0.1, -0.05) is 42.1 Å². The van der Waals surface area contributed by atoms with Crippen LogP contribution in [0.1, 0.15) is 11.3 Å². The Labute approximate surface area is 91.4 Å². The van der Waals surface area contributed by atoms with Gasteiger partial charge in [-0.25, -0.2) is 0 Å². The highest BCUT2D eigenvalue weighted by Crippen LogP contribution is 2.21. The minimum absolute atomic E-state index is 0.424. The van der Waals surface area contributed by atoms with E-state index < -0.39 is 0 Å². The van der Waals surface area contributed by atoms with Crippen LogP contribution in [0.25, 0.3) is 0 Å². The minimum Gasteiger partial charge on any atom is -0.359 e. The molecular formula is C10H10N2O2S. The van der Waals surface area contributed by atoms with E-state index in [1.165, 1.54) is 17.3 Å². The van der Waals surface area contributed by atoms with E-state index in [-0.39, 0.29) is 0 Å². The lowest BCUT2D eigenvalue weighted by Crippen LogP contribution is -2.25. The zero-order valence-electron chi connectivity index (χ0n) is 8.21. The molecule has 5 heteroatoms. The smallest absolute Gasteiger partial charge is 0.277 e. The van der Waals surface area contributed by atoms with Crippen molar-refractivity contribution in [2.75, 3.05) is 0 Å². The summed E-state index contributed by atoms with van der Waals surface area (Å²) in [5.74, 6) is 0.786. The summed E-state index contributed by atoms with van der Waals surface area (Å²) in [5.41, 5.74) is 1.71. The molecule has 0 aliphatic heterocycles. The molecule has 2 aromatic rings. The van der Waals surface area contributed by atoms with E-state index in [4.69, 9.17) is 0 Å². The summed E-state index contributed by atoms with van der Waals surface area (Å²) in [5, 5.41) is 15.2. The quantitative estimate of drug-likeness (QED) is 0.588. The van der Waals surface area contributed by atoms with E-state index >= 15 is 0 Å². The molecule has 0 atom stereocenters. The van der Waals surface area contributed by atoms with Crippen LogP contribution >= 0.6 is 11.8 Å². The van der Waals surface area contributed by atoms with Crippen LogP contribution < -0.4 is 4.90 Å². The second kappa shape index (κ2) is 4.35. The molecule has 0 saturated carbocycles. The van der Waals surface area contributed by atoms with Gasteiger partial charge in [0, 0.05) is 12.7 Å². The molecule has 0 bridgehead atoms. The first kappa shape index (κ1) is 10.0. The van der Waals surface area contributed by atoms with Crippen LogP contribution in [0.4, 0.5) is 0 Å². The Kier molecular flexibility index (Phi) is 2.91. The van der Waals surface area contributed by atoms with Gasteiger partial charge in [-0.05, 0) is 10.5 Å². The fourth-order valence-corrected chi connectivity index (χ4v) is 2.00. The molecule has 0 amide bonds. The van der Waals surface area contributed by atoms with Gasteiger partial charge in [0.05, 0.1) is 5.16 Å². The van der Waals surface area contributed by atoms with Crippen LogP contribution in [0.5, 0.6) is 0 Å². The van der Waals surface area contributed by atoms with Crippen molar-refractivity contribution in [1.82, 2.24) is 5.16 Å². The fraction of sp³-hybridized carbons (Fsp3) is 0.200. The molecule has 0 radical (unpaired) electrons. The third kappa shape index (κ3) is 2.30. The Bertz CT molecular complexity index is 442. The highest BCUT2D eigenvalue weighted by Gasteiger charge is 2.14. The average Bonchev–Trinajstić information content (AvgIpc) is 2.59. The maximum Gasteiger partial charge on any atom is 0.277 e. The molecule has 1 heterocycles. The van der Waals surface area contributed by atoms with E-state index in [0.29, 0.717) is 15.6 Å². The van der Waals surface area contributed by atoms with E-state index in [2.05, 4.69) is 9.79 Å². The summed E-state index contributed by atoms with van der Waals surface area (Å²) in [7, 11) is 0. The van der Waals surface area contributed by atoms with Gasteiger partial charge in [-0.15, -0.1) is 0 Å². The molecule has 0 fully saturated rings. The normalized spacial score (nSPS) is 10.5. The zero-order valence-corrected chi connectivity index (χ0v) is 9.03. The number of benzene rings is 1. The highest BCUT2D eigenvalue weighted by atomic mass is 32.2. The predicted octanol–water partition coefficient (Wildman–Crippen LogP) is 1.91. The third-order valence-electron chi connectivity index (χ3n) is 2.00. The summed E-state index contributed by atoms with van der Waals surface area (Å²) in [6.45, 7) is 1.69. The van der Waals surface area contributed by atoms with Crippen molar-refractivity contribution < 1.29 is 9.53 Å². The summed E-state index contributed by atoms with van der Waals surface area (Å²) in [6.07, 6.45) is 0. The monoisotopic (exact) mass is 222 g/mol. The number of hydrogen-bond acceptors (Lipinski definition) is 4. The topological polar surface area (TPSA) is 53.0 Å². The van der Waals surface area contributed by atoms with Crippen LogP contribution in [0.15, 0.2) is 40.0 Å². The van der Waals surface area contributed by atoms with Gasteiger partial charge in [0.15, 0.2) is 0 Å². The molecule has 2 rings (SSSR count). The van der Waals surface area contributed by atoms with Crippen molar-refractivity contribution in [1.29, 1.82) is 0 Å². The Morgan fingerprint density at radius 1 is 1.40 bits per heavy atom. The molecule has 0 unspecified atom stereocenters. The van der Waals surface area contributed by atoms with Gasteiger partial charge in [0.2, 0.25) is 5.69 Å². The van der Waals surface area contributed by atoms with Crippen molar-refractivity contribution in [3.8, 4) is 0 Å². The first-order chi connectivity index (χ1) is 7.27. The van der Waals surface area contributed by atoms with Gasteiger partial charge in [0.25, 0.3) is 5.03 Å². The lowest BCUT2D eigenvalue weighted by Gasteiger charge is -1.95. The van der Waals surface area contributed by atoms with Gasteiger partial charge in [-0.2, -0.15) is 0 Å². The summed E-state index contributed by atoms with van der Waals surface area (Å²) in [4.78, 5) is 0.424. The van der Waals surface area contributed by atoms with Gasteiger partial charge >= 0.3 is 0 Å². The van der Waals surface area contributed by atoms with Crippen molar-refractivity contribution in [3.63, 3.8) is 0 Å². The van der Waals surface area contributed by atoms with Crippen molar-refractivity contribution in [3.05, 3.63) is 46.8 Å². The summed E-state index contributed by atoms with van der Waals surface area (Å²) in [6, 6.07) is 10.0. The predicted molar refractivity (Wildman–Crippen MR) is 56.2 cm³/mol. The molecular weight excluding hydrogens is 212 g/mol. The lowest BCUT2D eigenvalue weighted by molar-refractivity contribution is -0.807. The molecule has 0 aliphatic rings. The van der Waals surface area contributed by atoms with Crippen molar-refractivity contribution >= 4 is 11.8 Å². The van der Waals surface area contributed by atoms with Gasteiger partial charge < -0.3 is 5.21 Å². The van der Waals surface area contributed by atoms with Crippen LogP contribution in [-0.2, 0) is 5.75 Å². The number of aromatic nitrogens is 2. The van der Waals surface area contributed by atoms with Crippen LogP contribution in [-0.4, -0.2) is 5.16 Å². The Morgan fingerprint density at radius 2 is 2.13 bits per heavy atom. The summed E-state index contributed by atoms with van der Waals surface area (Å²) >= 11 is 1.50. The fourth-order valence-electron chi connectivity index (χ4n) is 1.14. The van der Waals surface area contributed by atoms with E-state index in [9.17, 15) is 5.21 Å². The maximum atomic E-state index is 10.9. The van der Waals surface area contributed by atoms with Crippen LogP contribution in [0.3, 0.4) is 0 Å². The van der Waals surface area contributed by atoms with Gasteiger partial charge in [-0.3, -0.25) is 4.63 Å². The molecule has 0 saturated heterocycles. The molecule has 1 aromatic heterocycles. The highest BCUT2D eigenvalue weighted by molar-refractivity contribution is 7.98. The molecule has 0 spiro atoms. The van der Waals surface area contributed by atoms with E-state index in [1.54, 1.807) is 6.92 Å². The largest absolute Gasteiger partial charge is 0.359 e. The SMILES string of the molecule is Cc1c(SCc2ccccc2)no[n+]1[O-]. The van der Waals surface area contributed by atoms with E-state index in [1.807, 2.05) is 30.3 Å². The number of thioether (sulfide) groups is 1. The van der Waals surface area contributed by atoms with Crippen molar-refractivity contribution in [2.45, 2.75) is 17.7 Å². The molecule has 15 heavy (non-hydrogen) atoms. The maximum absolute atomic E-state index is 10.9. The Balaban J connectivity index is 2.02. The second-order valence-electron chi connectivity index (χ2n) is 3.09. The molecule has 78 valence electrons. The zero-order chi connectivity index (χ0) is 10.7. The number of nitrogens with zero attached hydrogens (tertiary/aromatic N) is 2. The first-order valence-electron chi connectivity index (χ1n) is 4.50. The number of rotatable bonds is 3. The Hall–Kier alpha value is -1.49. The van der Waals surface area contributed by atoms with E-state index in [0.717, 1.165) is 5.75 Å². The second-order valence-corrected chi connectivity index (χ2v) is 4.06. The first-order valence-corrected chi connectivity index (χ1v) is 5.49. The molecule has 0 aliphatic carbocycles. The summed E-state index contributed by atoms with van der Waals surface area (Å²) < 4.78 is 4.47. The average molecular weight is 222 g/mol.